The van der Waals surface area contributed by atoms with Gasteiger partial charge in [-0.05, 0) is 30.4 Å². The van der Waals surface area contributed by atoms with Gasteiger partial charge in [-0.25, -0.2) is 0 Å². The molecule has 1 saturated heterocycles. The summed E-state index contributed by atoms with van der Waals surface area (Å²) in [5, 5.41) is 0. The fraction of sp³-hybridized carbons (Fsp3) is 0.476. The monoisotopic (exact) mass is 354 g/mol. The highest BCUT2D eigenvalue weighted by molar-refractivity contribution is 6.05. The number of nitrogens with zero attached hydrogens (tertiary/aromatic N) is 2. The molecule has 3 amide bonds. The van der Waals surface area contributed by atoms with Crippen molar-refractivity contribution in [3.05, 3.63) is 47.5 Å². The van der Waals surface area contributed by atoms with E-state index in [2.05, 4.69) is 19.1 Å². The van der Waals surface area contributed by atoms with E-state index in [1.54, 1.807) is 11.9 Å². The average Bonchev–Trinajstić information content (AvgIpc) is 2.91. The molecule has 5 nitrogen and oxygen atoms in total. The predicted molar refractivity (Wildman–Crippen MR) is 99.0 cm³/mol. The second-order valence-corrected chi connectivity index (χ2v) is 7.15. The van der Waals surface area contributed by atoms with Crippen molar-refractivity contribution in [2.24, 2.45) is 11.8 Å². The van der Waals surface area contributed by atoms with Crippen LogP contribution < -0.4 is 0 Å². The lowest BCUT2D eigenvalue weighted by Gasteiger charge is -2.20. The summed E-state index contributed by atoms with van der Waals surface area (Å²) in [7, 11) is 1.76. The fourth-order valence-electron chi connectivity index (χ4n) is 3.73. The Hall–Kier alpha value is -2.43. The number of aryl methyl sites for hydroxylation is 1. The number of carbonyl (C=O) groups excluding carboxylic acids is 3. The molecule has 5 heteroatoms. The lowest BCUT2D eigenvalue weighted by atomic mass is 9.85. The number of likely N-dealkylation sites (tertiary alicyclic amines) is 1. The van der Waals surface area contributed by atoms with E-state index >= 15 is 0 Å². The standard InChI is InChI=1S/C21H26N2O3/c1-3-15-8-10-16(11-9-15)14-22(2)19(24)12-13-23-20(25)17-6-4-5-7-18(17)21(23)26/h4-5,8-11,17-18H,3,6-7,12-14H2,1-2H3/t17-,18+. The van der Waals surface area contributed by atoms with Crippen molar-refractivity contribution in [1.82, 2.24) is 9.80 Å². The molecule has 3 rings (SSSR count). The van der Waals surface area contributed by atoms with E-state index in [4.69, 9.17) is 0 Å². The fourth-order valence-corrected chi connectivity index (χ4v) is 3.73. The van der Waals surface area contributed by atoms with Crippen LogP contribution in [0, 0.1) is 11.8 Å². The molecule has 0 aromatic heterocycles. The minimum absolute atomic E-state index is 0.0573. The maximum absolute atomic E-state index is 12.4. The van der Waals surface area contributed by atoms with Crippen LogP contribution in [0.3, 0.4) is 0 Å². The summed E-state index contributed by atoms with van der Waals surface area (Å²) < 4.78 is 0. The Labute approximate surface area is 154 Å². The summed E-state index contributed by atoms with van der Waals surface area (Å²) in [5.74, 6) is -0.738. The number of benzene rings is 1. The summed E-state index contributed by atoms with van der Waals surface area (Å²) in [6.07, 6.45) is 6.37. The maximum Gasteiger partial charge on any atom is 0.233 e. The lowest BCUT2D eigenvalue weighted by molar-refractivity contribution is -0.140. The molecule has 138 valence electrons. The Balaban J connectivity index is 1.53. The van der Waals surface area contributed by atoms with Crippen molar-refractivity contribution in [1.29, 1.82) is 0 Å². The van der Waals surface area contributed by atoms with Gasteiger partial charge in [0.1, 0.15) is 0 Å². The number of fused-ring (bicyclic) bond motifs is 1. The molecule has 1 fully saturated rings. The largest absolute Gasteiger partial charge is 0.341 e. The van der Waals surface area contributed by atoms with Crippen LogP contribution in [0.4, 0.5) is 0 Å². The number of rotatable bonds is 6. The topological polar surface area (TPSA) is 57.7 Å². The zero-order valence-corrected chi connectivity index (χ0v) is 15.5. The Morgan fingerprint density at radius 1 is 1.04 bits per heavy atom. The molecule has 0 radical (unpaired) electrons. The summed E-state index contributed by atoms with van der Waals surface area (Å²) in [6, 6.07) is 8.22. The molecule has 0 saturated carbocycles. The summed E-state index contributed by atoms with van der Waals surface area (Å²) in [6.45, 7) is 2.82. The molecular formula is C21H26N2O3. The molecule has 0 N–H and O–H groups in total. The van der Waals surface area contributed by atoms with Crippen molar-refractivity contribution in [2.75, 3.05) is 13.6 Å². The molecule has 1 aliphatic heterocycles. The Bertz CT molecular complexity index is 697. The molecule has 26 heavy (non-hydrogen) atoms. The van der Waals surface area contributed by atoms with Gasteiger partial charge in [-0.15, -0.1) is 0 Å². The van der Waals surface area contributed by atoms with Crippen LogP contribution in [0.5, 0.6) is 0 Å². The first-order chi connectivity index (χ1) is 12.5. The first-order valence-electron chi connectivity index (χ1n) is 9.33. The first-order valence-corrected chi connectivity index (χ1v) is 9.33. The van der Waals surface area contributed by atoms with Crippen molar-refractivity contribution in [2.45, 2.75) is 39.2 Å². The highest BCUT2D eigenvalue weighted by Crippen LogP contribution is 2.35. The van der Waals surface area contributed by atoms with Crippen LogP contribution >= 0.6 is 0 Å². The number of hydrogen-bond donors (Lipinski definition) is 0. The third-order valence-electron chi connectivity index (χ3n) is 5.42. The number of imide groups is 1. The van der Waals surface area contributed by atoms with Gasteiger partial charge in [0.25, 0.3) is 0 Å². The summed E-state index contributed by atoms with van der Waals surface area (Å²) in [5.41, 5.74) is 2.34. The Morgan fingerprint density at radius 2 is 1.58 bits per heavy atom. The highest BCUT2D eigenvalue weighted by Gasteiger charge is 2.46. The third-order valence-corrected chi connectivity index (χ3v) is 5.42. The van der Waals surface area contributed by atoms with E-state index in [0.29, 0.717) is 19.4 Å². The molecule has 1 aromatic rings. The van der Waals surface area contributed by atoms with Crippen LogP contribution in [0.1, 0.15) is 37.3 Å². The van der Waals surface area contributed by atoms with Gasteiger partial charge in [-0.2, -0.15) is 0 Å². The van der Waals surface area contributed by atoms with Gasteiger partial charge in [-0.3, -0.25) is 19.3 Å². The molecular weight excluding hydrogens is 328 g/mol. The van der Waals surface area contributed by atoms with Crippen LogP contribution in [0.15, 0.2) is 36.4 Å². The van der Waals surface area contributed by atoms with E-state index in [-0.39, 0.29) is 42.5 Å². The zero-order valence-electron chi connectivity index (χ0n) is 15.5. The van der Waals surface area contributed by atoms with Gasteiger partial charge < -0.3 is 4.90 Å². The Kier molecular flexibility index (Phi) is 5.55. The number of carbonyl (C=O) groups is 3. The summed E-state index contributed by atoms with van der Waals surface area (Å²) >= 11 is 0. The molecule has 2 aliphatic rings. The number of amides is 3. The van der Waals surface area contributed by atoms with Gasteiger partial charge in [0.05, 0.1) is 11.8 Å². The van der Waals surface area contributed by atoms with E-state index in [1.165, 1.54) is 10.5 Å². The lowest BCUT2D eigenvalue weighted by Crippen LogP contribution is -2.36. The normalized spacial score (nSPS) is 21.8. The molecule has 0 unspecified atom stereocenters. The predicted octanol–water partition coefficient (Wildman–Crippen LogP) is 2.55. The highest BCUT2D eigenvalue weighted by atomic mass is 16.2. The van der Waals surface area contributed by atoms with Gasteiger partial charge in [0.2, 0.25) is 17.7 Å². The molecule has 1 aromatic carbocycles. The maximum atomic E-state index is 12.4. The third kappa shape index (κ3) is 3.71. The number of hydrogen-bond acceptors (Lipinski definition) is 3. The van der Waals surface area contributed by atoms with Crippen molar-refractivity contribution >= 4 is 17.7 Å². The van der Waals surface area contributed by atoms with Crippen molar-refractivity contribution in [3.8, 4) is 0 Å². The van der Waals surface area contributed by atoms with Gasteiger partial charge in [0.15, 0.2) is 0 Å². The first kappa shape index (κ1) is 18.4. The molecule has 1 aliphatic carbocycles. The molecule has 1 heterocycles. The van der Waals surface area contributed by atoms with E-state index in [9.17, 15) is 14.4 Å². The second-order valence-electron chi connectivity index (χ2n) is 7.15. The average molecular weight is 354 g/mol. The quantitative estimate of drug-likeness (QED) is 0.583. The number of allylic oxidation sites excluding steroid dienone is 2. The molecule has 2 atom stereocenters. The van der Waals surface area contributed by atoms with E-state index < -0.39 is 0 Å². The van der Waals surface area contributed by atoms with Crippen LogP contribution in [-0.4, -0.2) is 41.1 Å². The van der Waals surface area contributed by atoms with E-state index in [1.807, 2.05) is 24.3 Å². The van der Waals surface area contributed by atoms with E-state index in [0.717, 1.165) is 12.0 Å². The smallest absolute Gasteiger partial charge is 0.233 e. The van der Waals surface area contributed by atoms with Crippen LogP contribution in [0.2, 0.25) is 0 Å². The summed E-state index contributed by atoms with van der Waals surface area (Å²) in [4.78, 5) is 40.2. The molecule has 0 bridgehead atoms. The van der Waals surface area contributed by atoms with Gasteiger partial charge in [-0.1, -0.05) is 43.3 Å². The molecule has 0 spiro atoms. The Morgan fingerprint density at radius 3 is 2.12 bits per heavy atom. The minimum atomic E-state index is -0.225. The van der Waals surface area contributed by atoms with Crippen LogP contribution in [0.25, 0.3) is 0 Å². The van der Waals surface area contributed by atoms with Crippen molar-refractivity contribution in [3.63, 3.8) is 0 Å². The van der Waals surface area contributed by atoms with Gasteiger partial charge in [0, 0.05) is 26.6 Å². The van der Waals surface area contributed by atoms with Crippen LogP contribution in [-0.2, 0) is 27.3 Å². The van der Waals surface area contributed by atoms with Gasteiger partial charge >= 0.3 is 0 Å². The second kappa shape index (κ2) is 7.85. The van der Waals surface area contributed by atoms with Crippen molar-refractivity contribution < 1.29 is 14.4 Å². The SMILES string of the molecule is CCc1ccc(CN(C)C(=O)CCN2C(=O)[C@H]3CC=CC[C@H]3C2=O)cc1. The minimum Gasteiger partial charge on any atom is -0.341 e. The zero-order chi connectivity index (χ0) is 18.7.